The van der Waals surface area contributed by atoms with Crippen LogP contribution in [0.2, 0.25) is 18.1 Å². The third-order valence-corrected chi connectivity index (χ3v) is 8.46. The Labute approximate surface area is 112 Å². The van der Waals surface area contributed by atoms with Gasteiger partial charge in [0.05, 0.1) is 12.7 Å². The monoisotopic (exact) mass is 266 g/mol. The van der Waals surface area contributed by atoms with Crippen molar-refractivity contribution in [3.8, 4) is 0 Å². The van der Waals surface area contributed by atoms with E-state index in [-0.39, 0.29) is 17.7 Å². The molecule has 3 heteroatoms. The lowest BCUT2D eigenvalue weighted by Gasteiger charge is -2.38. The maximum Gasteiger partial charge on any atom is 0.192 e. The van der Waals surface area contributed by atoms with Gasteiger partial charge in [0.25, 0.3) is 0 Å². The molecule has 0 aliphatic rings. The minimum Gasteiger partial charge on any atom is -0.410 e. The number of hydrogen-bond acceptors (Lipinski definition) is 2. The van der Waals surface area contributed by atoms with Crippen LogP contribution in [-0.2, 0) is 11.0 Å². The second-order valence-electron chi connectivity index (χ2n) is 6.42. The van der Waals surface area contributed by atoms with Crippen LogP contribution in [0.1, 0.15) is 44.9 Å². The topological polar surface area (TPSA) is 29.5 Å². The highest BCUT2D eigenvalue weighted by molar-refractivity contribution is 6.74. The molecule has 0 heterocycles. The zero-order valence-corrected chi connectivity index (χ0v) is 13.4. The molecule has 1 N–H and O–H groups in total. The van der Waals surface area contributed by atoms with E-state index in [1.807, 2.05) is 24.3 Å². The van der Waals surface area contributed by atoms with Crippen molar-refractivity contribution in [2.24, 2.45) is 0 Å². The first-order chi connectivity index (χ1) is 8.17. The van der Waals surface area contributed by atoms with Gasteiger partial charge < -0.3 is 9.53 Å². The summed E-state index contributed by atoms with van der Waals surface area (Å²) in [6.45, 7) is 13.5. The van der Waals surface area contributed by atoms with Gasteiger partial charge in [0.1, 0.15) is 0 Å². The van der Waals surface area contributed by atoms with Crippen LogP contribution >= 0.6 is 0 Å². The van der Waals surface area contributed by atoms with Gasteiger partial charge in [-0.25, -0.2) is 0 Å². The van der Waals surface area contributed by atoms with Crippen LogP contribution in [0.5, 0.6) is 0 Å². The molecule has 1 rings (SSSR count). The first-order valence-electron chi connectivity index (χ1n) is 6.55. The molecule has 2 nitrogen and oxygen atoms in total. The van der Waals surface area contributed by atoms with Crippen molar-refractivity contribution in [1.82, 2.24) is 0 Å². The van der Waals surface area contributed by atoms with E-state index in [0.717, 1.165) is 5.56 Å². The number of rotatable bonds is 4. The van der Waals surface area contributed by atoms with Gasteiger partial charge in [0, 0.05) is 0 Å². The minimum atomic E-state index is -1.72. The van der Waals surface area contributed by atoms with E-state index < -0.39 is 8.32 Å². The van der Waals surface area contributed by atoms with Crippen molar-refractivity contribution >= 4 is 8.32 Å². The first-order valence-corrected chi connectivity index (χ1v) is 9.46. The second kappa shape index (κ2) is 5.55. The zero-order valence-electron chi connectivity index (χ0n) is 12.4. The maximum atomic E-state index is 9.04. The predicted octanol–water partition coefficient (Wildman–Crippen LogP) is 4.26. The molecule has 0 saturated heterocycles. The van der Waals surface area contributed by atoms with Crippen molar-refractivity contribution in [3.05, 3.63) is 35.4 Å². The summed E-state index contributed by atoms with van der Waals surface area (Å²) in [5, 5.41) is 9.26. The van der Waals surface area contributed by atoms with Crippen LogP contribution in [-0.4, -0.2) is 13.4 Å². The van der Waals surface area contributed by atoms with E-state index in [4.69, 9.17) is 9.53 Å². The number of hydrogen-bond donors (Lipinski definition) is 1. The van der Waals surface area contributed by atoms with Crippen molar-refractivity contribution < 1.29 is 9.53 Å². The Morgan fingerprint density at radius 2 is 1.67 bits per heavy atom. The second-order valence-corrected chi connectivity index (χ2v) is 11.2. The molecule has 0 fully saturated rings. The van der Waals surface area contributed by atoms with Crippen LogP contribution in [0.25, 0.3) is 0 Å². The summed E-state index contributed by atoms with van der Waals surface area (Å²) >= 11 is 0. The van der Waals surface area contributed by atoms with Gasteiger partial charge in [-0.2, -0.15) is 0 Å². The average molecular weight is 266 g/mol. The van der Waals surface area contributed by atoms with Gasteiger partial charge in [-0.15, -0.1) is 0 Å². The maximum absolute atomic E-state index is 9.04. The molecule has 0 radical (unpaired) electrons. The van der Waals surface area contributed by atoms with Gasteiger partial charge >= 0.3 is 0 Å². The van der Waals surface area contributed by atoms with Gasteiger partial charge in [-0.1, -0.05) is 45.0 Å². The normalized spacial score (nSPS) is 14.6. The van der Waals surface area contributed by atoms with Crippen molar-refractivity contribution in [3.63, 3.8) is 0 Å². The number of aliphatic hydroxyl groups is 1. The van der Waals surface area contributed by atoms with E-state index in [9.17, 15) is 0 Å². The highest BCUT2D eigenvalue weighted by Gasteiger charge is 2.38. The van der Waals surface area contributed by atoms with Gasteiger partial charge in [-0.3, -0.25) is 0 Å². The molecule has 0 saturated carbocycles. The third kappa shape index (κ3) is 3.67. The van der Waals surface area contributed by atoms with Gasteiger partial charge in [-0.05, 0) is 36.2 Å². The molecular formula is C15H26O2Si. The van der Waals surface area contributed by atoms with Crippen LogP contribution in [0, 0.1) is 0 Å². The Bertz CT molecular complexity index is 376. The Kier molecular flexibility index (Phi) is 4.76. The van der Waals surface area contributed by atoms with Crippen molar-refractivity contribution in [1.29, 1.82) is 0 Å². The fraction of sp³-hybridized carbons (Fsp3) is 0.600. The largest absolute Gasteiger partial charge is 0.410 e. The molecular weight excluding hydrogens is 240 g/mol. The molecule has 18 heavy (non-hydrogen) atoms. The predicted molar refractivity (Wildman–Crippen MR) is 79.1 cm³/mol. The Balaban J connectivity index is 2.78. The summed E-state index contributed by atoms with van der Waals surface area (Å²) in [4.78, 5) is 0. The Morgan fingerprint density at radius 1 is 1.17 bits per heavy atom. The Hall–Kier alpha value is -0.643. The fourth-order valence-electron chi connectivity index (χ4n) is 1.58. The summed E-state index contributed by atoms with van der Waals surface area (Å²) in [6.07, 6.45) is 0.110. The molecule has 0 spiro atoms. The quantitative estimate of drug-likeness (QED) is 0.825. The first kappa shape index (κ1) is 15.4. The van der Waals surface area contributed by atoms with Crippen molar-refractivity contribution in [2.45, 2.75) is 58.5 Å². The molecule has 0 aromatic heterocycles. The molecule has 102 valence electrons. The van der Waals surface area contributed by atoms with Crippen LogP contribution in [0.15, 0.2) is 24.3 Å². The minimum absolute atomic E-state index is 0.0950. The van der Waals surface area contributed by atoms with Gasteiger partial charge in [0.2, 0.25) is 0 Å². The zero-order chi connectivity index (χ0) is 14.0. The van der Waals surface area contributed by atoms with Crippen molar-refractivity contribution in [2.75, 3.05) is 0 Å². The van der Waals surface area contributed by atoms with Crippen LogP contribution in [0.3, 0.4) is 0 Å². The van der Waals surface area contributed by atoms with E-state index >= 15 is 0 Å². The van der Waals surface area contributed by atoms with E-state index in [2.05, 4.69) is 40.8 Å². The third-order valence-electron chi connectivity index (χ3n) is 3.91. The molecule has 1 aromatic rings. The van der Waals surface area contributed by atoms with Crippen LogP contribution < -0.4 is 0 Å². The summed E-state index contributed by atoms with van der Waals surface area (Å²) in [7, 11) is -1.72. The lowest BCUT2D eigenvalue weighted by molar-refractivity contribution is 0.203. The smallest absolute Gasteiger partial charge is 0.192 e. The number of benzene rings is 1. The SMILES string of the molecule is C[C@@H](O[Si](C)(C)C(C)(C)C)c1ccc(CO)cc1. The summed E-state index contributed by atoms with van der Waals surface area (Å²) in [6, 6.07) is 8.01. The fourth-order valence-corrected chi connectivity index (χ4v) is 2.95. The van der Waals surface area contributed by atoms with E-state index in [1.54, 1.807) is 0 Å². The molecule has 0 aliphatic carbocycles. The average Bonchev–Trinajstić information content (AvgIpc) is 2.27. The standard InChI is InChI=1S/C15H26O2Si/c1-12(17-18(5,6)15(2,3)4)14-9-7-13(11-16)8-10-14/h7-10,12,16H,11H2,1-6H3/t12-/m1/s1. The highest BCUT2D eigenvalue weighted by atomic mass is 28.4. The molecule has 0 amide bonds. The molecule has 1 atom stereocenters. The summed E-state index contributed by atoms with van der Waals surface area (Å²) in [5.41, 5.74) is 2.12. The molecule has 1 aromatic carbocycles. The summed E-state index contributed by atoms with van der Waals surface area (Å²) < 4.78 is 6.34. The van der Waals surface area contributed by atoms with Crippen LogP contribution in [0.4, 0.5) is 0 Å². The van der Waals surface area contributed by atoms with E-state index in [1.165, 1.54) is 5.56 Å². The molecule has 0 bridgehead atoms. The van der Waals surface area contributed by atoms with Gasteiger partial charge in [0.15, 0.2) is 8.32 Å². The lowest BCUT2D eigenvalue weighted by Crippen LogP contribution is -2.41. The lowest BCUT2D eigenvalue weighted by atomic mass is 10.1. The number of aliphatic hydroxyl groups excluding tert-OH is 1. The Morgan fingerprint density at radius 3 is 2.06 bits per heavy atom. The molecule has 0 aliphatic heterocycles. The molecule has 0 unspecified atom stereocenters. The highest BCUT2D eigenvalue weighted by Crippen LogP contribution is 2.39. The van der Waals surface area contributed by atoms with E-state index in [0.29, 0.717) is 0 Å². The summed E-state index contributed by atoms with van der Waals surface area (Å²) in [5.74, 6) is 0.